The minimum Gasteiger partial charge on any atom is -0.497 e. The smallest absolute Gasteiger partial charge is 0.167 e. The Hall–Kier alpha value is -2.09. The number of ether oxygens (including phenoxy) is 1. The van der Waals surface area contributed by atoms with Crippen LogP contribution in [0.5, 0.6) is 5.75 Å². The summed E-state index contributed by atoms with van der Waals surface area (Å²) in [4.78, 5) is 12.3. The first-order valence-electron chi connectivity index (χ1n) is 7.48. The van der Waals surface area contributed by atoms with Crippen molar-refractivity contribution in [1.82, 2.24) is 0 Å². The minimum atomic E-state index is 0.144. The van der Waals surface area contributed by atoms with Gasteiger partial charge >= 0.3 is 0 Å². The number of carbonyl (C=O) groups is 1. The summed E-state index contributed by atoms with van der Waals surface area (Å²) in [5.74, 6) is 0.931. The van der Waals surface area contributed by atoms with Crippen molar-refractivity contribution in [2.24, 2.45) is 0 Å². The Morgan fingerprint density at radius 2 is 1.81 bits per heavy atom. The maximum absolute atomic E-state index is 12.3. The average Bonchev–Trinajstić information content (AvgIpc) is 2.53. The van der Waals surface area contributed by atoms with Crippen LogP contribution in [-0.4, -0.2) is 12.9 Å². The van der Waals surface area contributed by atoms with Crippen molar-refractivity contribution in [2.75, 3.05) is 7.11 Å². The SMILES string of the molecule is CCCCc1ccc(C(=O)Cc2cccc(OC)c2)cc1. The van der Waals surface area contributed by atoms with E-state index in [0.29, 0.717) is 6.42 Å². The molecular weight excluding hydrogens is 260 g/mol. The number of hydrogen-bond donors (Lipinski definition) is 0. The Kier molecular flexibility index (Phi) is 5.56. The monoisotopic (exact) mass is 282 g/mol. The Labute approximate surface area is 126 Å². The molecule has 0 heterocycles. The van der Waals surface area contributed by atoms with Gasteiger partial charge in [-0.2, -0.15) is 0 Å². The number of benzene rings is 2. The van der Waals surface area contributed by atoms with E-state index in [-0.39, 0.29) is 5.78 Å². The zero-order valence-electron chi connectivity index (χ0n) is 12.8. The first kappa shape index (κ1) is 15.3. The molecule has 2 aromatic carbocycles. The number of carbonyl (C=O) groups excluding carboxylic acids is 1. The lowest BCUT2D eigenvalue weighted by Gasteiger charge is -2.05. The van der Waals surface area contributed by atoms with Crippen molar-refractivity contribution in [3.63, 3.8) is 0 Å². The Morgan fingerprint density at radius 1 is 1.05 bits per heavy atom. The van der Waals surface area contributed by atoms with Crippen LogP contribution in [0.4, 0.5) is 0 Å². The van der Waals surface area contributed by atoms with Crippen LogP contribution in [0.15, 0.2) is 48.5 Å². The van der Waals surface area contributed by atoms with Crippen LogP contribution in [0.3, 0.4) is 0 Å². The lowest BCUT2D eigenvalue weighted by Crippen LogP contribution is -2.03. The van der Waals surface area contributed by atoms with Crippen LogP contribution >= 0.6 is 0 Å². The number of unbranched alkanes of at least 4 members (excludes halogenated alkanes) is 1. The van der Waals surface area contributed by atoms with Crippen molar-refractivity contribution >= 4 is 5.78 Å². The van der Waals surface area contributed by atoms with Gasteiger partial charge in [0.2, 0.25) is 0 Å². The highest BCUT2D eigenvalue weighted by atomic mass is 16.5. The van der Waals surface area contributed by atoms with Gasteiger partial charge in [0.15, 0.2) is 5.78 Å². The van der Waals surface area contributed by atoms with E-state index in [1.54, 1.807) is 7.11 Å². The summed E-state index contributed by atoms with van der Waals surface area (Å²) in [6, 6.07) is 15.7. The number of hydrogen-bond acceptors (Lipinski definition) is 2. The Morgan fingerprint density at radius 3 is 2.48 bits per heavy atom. The van der Waals surface area contributed by atoms with Gasteiger partial charge in [0, 0.05) is 12.0 Å². The van der Waals surface area contributed by atoms with E-state index in [0.717, 1.165) is 23.3 Å². The topological polar surface area (TPSA) is 26.3 Å². The second-order valence-corrected chi connectivity index (χ2v) is 5.25. The molecule has 0 unspecified atom stereocenters. The lowest BCUT2D eigenvalue weighted by atomic mass is 10.0. The van der Waals surface area contributed by atoms with Crippen LogP contribution in [0.25, 0.3) is 0 Å². The summed E-state index contributed by atoms with van der Waals surface area (Å²) < 4.78 is 5.18. The number of methoxy groups -OCH3 is 1. The molecule has 0 aromatic heterocycles. The maximum atomic E-state index is 12.3. The molecule has 0 aliphatic rings. The summed E-state index contributed by atoms with van der Waals surface area (Å²) in [5, 5.41) is 0. The van der Waals surface area contributed by atoms with Gasteiger partial charge in [0.25, 0.3) is 0 Å². The molecular formula is C19H22O2. The molecule has 0 fully saturated rings. The van der Waals surface area contributed by atoms with Crippen molar-refractivity contribution in [1.29, 1.82) is 0 Å². The van der Waals surface area contributed by atoms with Gasteiger partial charge in [-0.05, 0) is 36.1 Å². The highest BCUT2D eigenvalue weighted by molar-refractivity contribution is 5.97. The van der Waals surface area contributed by atoms with Crippen molar-refractivity contribution in [2.45, 2.75) is 32.6 Å². The van der Waals surface area contributed by atoms with Crippen molar-refractivity contribution < 1.29 is 9.53 Å². The first-order chi connectivity index (χ1) is 10.2. The average molecular weight is 282 g/mol. The molecule has 0 N–H and O–H groups in total. The van der Waals surface area contributed by atoms with Crippen LogP contribution < -0.4 is 4.74 Å². The third kappa shape index (κ3) is 4.45. The lowest BCUT2D eigenvalue weighted by molar-refractivity contribution is 0.0993. The van der Waals surface area contributed by atoms with Crippen LogP contribution in [0.1, 0.15) is 41.3 Å². The van der Waals surface area contributed by atoms with Gasteiger partial charge in [0.05, 0.1) is 7.11 Å². The number of aryl methyl sites for hydroxylation is 1. The predicted octanol–water partition coefficient (Wildman–Crippen LogP) is 4.46. The fraction of sp³-hybridized carbons (Fsp3) is 0.316. The van der Waals surface area contributed by atoms with Gasteiger partial charge in [0.1, 0.15) is 5.75 Å². The molecule has 0 radical (unpaired) electrons. The number of rotatable bonds is 7. The molecule has 2 heteroatoms. The molecule has 0 amide bonds. The van der Waals surface area contributed by atoms with Crippen molar-refractivity contribution in [3.8, 4) is 5.75 Å². The second-order valence-electron chi connectivity index (χ2n) is 5.25. The summed E-state index contributed by atoms with van der Waals surface area (Å²) in [6.07, 6.45) is 3.87. The van der Waals surface area contributed by atoms with Crippen LogP contribution in [-0.2, 0) is 12.8 Å². The number of ketones is 1. The van der Waals surface area contributed by atoms with E-state index in [1.807, 2.05) is 36.4 Å². The molecule has 0 saturated carbocycles. The maximum Gasteiger partial charge on any atom is 0.167 e. The van der Waals surface area contributed by atoms with Gasteiger partial charge in [-0.15, -0.1) is 0 Å². The fourth-order valence-electron chi connectivity index (χ4n) is 2.31. The van der Waals surface area contributed by atoms with E-state index < -0.39 is 0 Å². The molecule has 0 spiro atoms. The first-order valence-corrected chi connectivity index (χ1v) is 7.48. The van der Waals surface area contributed by atoms with Crippen molar-refractivity contribution in [3.05, 3.63) is 65.2 Å². The molecule has 21 heavy (non-hydrogen) atoms. The molecule has 110 valence electrons. The highest BCUT2D eigenvalue weighted by Crippen LogP contribution is 2.15. The fourth-order valence-corrected chi connectivity index (χ4v) is 2.31. The van der Waals surface area contributed by atoms with Gasteiger partial charge < -0.3 is 4.74 Å². The van der Waals surface area contributed by atoms with Gasteiger partial charge in [-0.1, -0.05) is 49.7 Å². The molecule has 2 nitrogen and oxygen atoms in total. The molecule has 0 aliphatic heterocycles. The van der Waals surface area contributed by atoms with E-state index in [1.165, 1.54) is 18.4 Å². The Balaban J connectivity index is 2.02. The molecule has 0 atom stereocenters. The number of Topliss-reactive ketones (excluding diaryl/α,β-unsaturated/α-hetero) is 1. The van der Waals surface area contributed by atoms with Gasteiger partial charge in [-0.25, -0.2) is 0 Å². The molecule has 2 rings (SSSR count). The zero-order chi connectivity index (χ0) is 15.1. The quantitative estimate of drug-likeness (QED) is 0.701. The zero-order valence-corrected chi connectivity index (χ0v) is 12.8. The molecule has 0 saturated heterocycles. The summed E-state index contributed by atoms with van der Waals surface area (Å²) in [5.41, 5.74) is 3.06. The van der Waals surface area contributed by atoms with E-state index in [9.17, 15) is 4.79 Å². The minimum absolute atomic E-state index is 0.144. The largest absolute Gasteiger partial charge is 0.497 e. The second kappa shape index (κ2) is 7.63. The highest BCUT2D eigenvalue weighted by Gasteiger charge is 2.07. The van der Waals surface area contributed by atoms with E-state index in [4.69, 9.17) is 4.74 Å². The third-order valence-corrected chi connectivity index (χ3v) is 3.59. The summed E-state index contributed by atoms with van der Waals surface area (Å²) in [6.45, 7) is 2.19. The molecule has 0 bridgehead atoms. The van der Waals surface area contributed by atoms with Gasteiger partial charge in [-0.3, -0.25) is 4.79 Å². The Bertz CT molecular complexity index is 585. The normalized spacial score (nSPS) is 10.4. The summed E-state index contributed by atoms with van der Waals surface area (Å²) in [7, 11) is 1.63. The van der Waals surface area contributed by atoms with E-state index in [2.05, 4.69) is 19.1 Å². The molecule has 2 aromatic rings. The van der Waals surface area contributed by atoms with Crippen LogP contribution in [0, 0.1) is 0 Å². The third-order valence-electron chi connectivity index (χ3n) is 3.59. The van der Waals surface area contributed by atoms with Crippen LogP contribution in [0.2, 0.25) is 0 Å². The standard InChI is InChI=1S/C19H22O2/c1-3-4-6-15-9-11-17(12-10-15)19(20)14-16-7-5-8-18(13-16)21-2/h5,7-13H,3-4,6,14H2,1-2H3. The van der Waals surface area contributed by atoms with E-state index >= 15 is 0 Å². The summed E-state index contributed by atoms with van der Waals surface area (Å²) >= 11 is 0. The predicted molar refractivity (Wildman–Crippen MR) is 86.1 cm³/mol. The molecule has 0 aliphatic carbocycles.